The smallest absolute Gasteiger partial charge is 0.137 e. The summed E-state index contributed by atoms with van der Waals surface area (Å²) in [5.41, 5.74) is 11.2. The quantitative estimate of drug-likeness (QED) is 0.702. The first kappa shape index (κ1) is 20.7. The molecule has 4 heteroatoms. The van der Waals surface area contributed by atoms with Gasteiger partial charge in [-0.25, -0.2) is 4.98 Å². The second kappa shape index (κ2) is 7.58. The van der Waals surface area contributed by atoms with Gasteiger partial charge in [-0.2, -0.15) is 0 Å². The van der Waals surface area contributed by atoms with Gasteiger partial charge in [0.1, 0.15) is 11.9 Å². The Morgan fingerprint density at radius 2 is 1.90 bits per heavy atom. The van der Waals surface area contributed by atoms with Gasteiger partial charge in [-0.1, -0.05) is 44.7 Å². The molecule has 2 aliphatic rings. The van der Waals surface area contributed by atoms with Crippen LogP contribution in [-0.2, 0) is 6.54 Å². The molecule has 0 spiro atoms. The molecule has 4 nitrogen and oxygen atoms in total. The van der Waals surface area contributed by atoms with Crippen molar-refractivity contribution < 1.29 is 5.11 Å². The highest BCUT2D eigenvalue weighted by Crippen LogP contribution is 2.63. The molecular formula is C26H31N3O. The minimum Gasteiger partial charge on any atom is -0.385 e. The molecule has 1 aromatic heterocycles. The zero-order valence-electron chi connectivity index (χ0n) is 18.3. The highest BCUT2D eigenvalue weighted by Gasteiger charge is 2.68. The number of allylic oxidation sites excluding steroid dienone is 4. The average Bonchev–Trinajstić information content (AvgIpc) is 3.00. The van der Waals surface area contributed by atoms with Crippen LogP contribution in [0.1, 0.15) is 63.6 Å². The van der Waals surface area contributed by atoms with E-state index in [2.05, 4.69) is 74.0 Å². The third-order valence-electron chi connectivity index (χ3n) is 7.19. The van der Waals surface area contributed by atoms with Crippen LogP contribution in [0.4, 0.5) is 0 Å². The van der Waals surface area contributed by atoms with Gasteiger partial charge in [0.25, 0.3) is 0 Å². The van der Waals surface area contributed by atoms with Crippen molar-refractivity contribution in [1.82, 2.24) is 9.55 Å². The SMILES string of the molecule is CCC1(C)C(C#Cc2ccc(C3=CC(Cn4ccnc4[C@H](C)O)=C3)cc2)C1(N)CC. The number of nitrogens with zero attached hydrogens (tertiary/aromatic N) is 2. The van der Waals surface area contributed by atoms with Crippen LogP contribution in [0.25, 0.3) is 5.57 Å². The van der Waals surface area contributed by atoms with Crippen LogP contribution in [0.3, 0.4) is 0 Å². The molecule has 2 aliphatic carbocycles. The Bertz CT molecular complexity index is 1050. The Kier molecular flexibility index (Phi) is 5.22. The molecule has 2 aromatic rings. The number of hydrogen-bond acceptors (Lipinski definition) is 3. The molecule has 1 heterocycles. The molecule has 1 fully saturated rings. The van der Waals surface area contributed by atoms with E-state index in [1.54, 1.807) is 13.1 Å². The van der Waals surface area contributed by atoms with E-state index < -0.39 is 6.10 Å². The summed E-state index contributed by atoms with van der Waals surface area (Å²) < 4.78 is 1.98. The number of rotatable bonds is 6. The zero-order valence-corrected chi connectivity index (χ0v) is 18.3. The lowest BCUT2D eigenvalue weighted by atomic mass is 9.92. The average molecular weight is 402 g/mol. The first-order chi connectivity index (χ1) is 14.3. The number of aromatic nitrogens is 2. The van der Waals surface area contributed by atoms with Crippen molar-refractivity contribution in [2.24, 2.45) is 17.1 Å². The Morgan fingerprint density at radius 1 is 1.20 bits per heavy atom. The predicted molar refractivity (Wildman–Crippen MR) is 121 cm³/mol. The molecule has 4 atom stereocenters. The van der Waals surface area contributed by atoms with Crippen LogP contribution >= 0.6 is 0 Å². The van der Waals surface area contributed by atoms with E-state index in [9.17, 15) is 5.11 Å². The van der Waals surface area contributed by atoms with E-state index in [0.29, 0.717) is 5.82 Å². The fourth-order valence-electron chi connectivity index (χ4n) is 4.78. The maximum atomic E-state index is 9.78. The molecule has 0 aliphatic heterocycles. The maximum Gasteiger partial charge on any atom is 0.137 e. The Labute approximate surface area is 179 Å². The third-order valence-corrected chi connectivity index (χ3v) is 7.19. The van der Waals surface area contributed by atoms with Crippen molar-refractivity contribution in [1.29, 1.82) is 0 Å². The molecule has 30 heavy (non-hydrogen) atoms. The number of imidazole rings is 1. The highest BCUT2D eigenvalue weighted by atomic mass is 16.3. The monoisotopic (exact) mass is 401 g/mol. The van der Waals surface area contributed by atoms with Crippen molar-refractivity contribution >= 4 is 5.57 Å². The van der Waals surface area contributed by atoms with Crippen molar-refractivity contribution in [3.05, 3.63) is 71.3 Å². The molecule has 1 aromatic carbocycles. The van der Waals surface area contributed by atoms with Crippen LogP contribution in [-0.4, -0.2) is 20.2 Å². The lowest BCUT2D eigenvalue weighted by molar-refractivity contribution is 0.184. The van der Waals surface area contributed by atoms with Crippen molar-refractivity contribution in [2.45, 2.75) is 58.7 Å². The Hall–Kier alpha value is -2.61. The fraction of sp³-hybridized carbons (Fsp3) is 0.423. The largest absolute Gasteiger partial charge is 0.385 e. The van der Waals surface area contributed by atoms with Crippen molar-refractivity contribution in [2.75, 3.05) is 0 Å². The van der Waals surface area contributed by atoms with Gasteiger partial charge in [0.05, 0.1) is 0 Å². The van der Waals surface area contributed by atoms with Gasteiger partial charge >= 0.3 is 0 Å². The normalized spacial score (nSPS) is 28.0. The van der Waals surface area contributed by atoms with Crippen LogP contribution in [0.15, 0.2) is 54.4 Å². The van der Waals surface area contributed by atoms with E-state index >= 15 is 0 Å². The van der Waals surface area contributed by atoms with Crippen molar-refractivity contribution in [3.8, 4) is 11.8 Å². The summed E-state index contributed by atoms with van der Waals surface area (Å²) in [6, 6.07) is 8.43. The summed E-state index contributed by atoms with van der Waals surface area (Å²) in [6.45, 7) is 9.10. The molecule has 0 bridgehead atoms. The molecule has 0 saturated heterocycles. The third kappa shape index (κ3) is 3.33. The fourth-order valence-corrected chi connectivity index (χ4v) is 4.78. The van der Waals surface area contributed by atoms with Gasteiger partial charge < -0.3 is 15.4 Å². The van der Waals surface area contributed by atoms with Gasteiger partial charge in [0.15, 0.2) is 0 Å². The Morgan fingerprint density at radius 3 is 2.47 bits per heavy atom. The Balaban J connectivity index is 1.39. The lowest BCUT2D eigenvalue weighted by Gasteiger charge is -2.18. The summed E-state index contributed by atoms with van der Waals surface area (Å²) in [5.74, 6) is 7.76. The summed E-state index contributed by atoms with van der Waals surface area (Å²) >= 11 is 0. The van der Waals surface area contributed by atoms with E-state index in [0.717, 1.165) is 24.9 Å². The number of aliphatic hydroxyl groups is 1. The first-order valence-corrected chi connectivity index (χ1v) is 10.8. The van der Waals surface area contributed by atoms with E-state index in [1.807, 2.05) is 10.8 Å². The second-order valence-corrected chi connectivity index (χ2v) is 8.85. The predicted octanol–water partition coefficient (Wildman–Crippen LogP) is 4.47. The van der Waals surface area contributed by atoms with E-state index in [4.69, 9.17) is 5.73 Å². The molecule has 3 N–H and O–H groups in total. The summed E-state index contributed by atoms with van der Waals surface area (Å²) in [7, 11) is 0. The minimum absolute atomic E-state index is 0.134. The number of hydrogen-bond donors (Lipinski definition) is 2. The molecule has 1 saturated carbocycles. The summed E-state index contributed by atoms with van der Waals surface area (Å²) in [4.78, 5) is 4.22. The van der Waals surface area contributed by atoms with Crippen LogP contribution in [0.2, 0.25) is 0 Å². The molecule has 3 unspecified atom stereocenters. The van der Waals surface area contributed by atoms with E-state index in [-0.39, 0.29) is 16.9 Å². The van der Waals surface area contributed by atoms with Crippen LogP contribution in [0.5, 0.6) is 0 Å². The summed E-state index contributed by atoms with van der Waals surface area (Å²) in [5, 5.41) is 9.78. The van der Waals surface area contributed by atoms with Gasteiger partial charge in [-0.05, 0) is 60.8 Å². The maximum absolute atomic E-state index is 9.78. The number of nitrogens with two attached hydrogens (primary N) is 1. The first-order valence-electron chi connectivity index (χ1n) is 10.8. The number of benzene rings is 1. The number of aliphatic hydroxyl groups excluding tert-OH is 1. The highest BCUT2D eigenvalue weighted by molar-refractivity contribution is 5.83. The zero-order chi connectivity index (χ0) is 21.5. The lowest BCUT2D eigenvalue weighted by Crippen LogP contribution is -2.28. The van der Waals surface area contributed by atoms with Crippen molar-refractivity contribution in [3.63, 3.8) is 0 Å². The molecular weight excluding hydrogens is 370 g/mol. The molecule has 4 rings (SSSR count). The topological polar surface area (TPSA) is 64.1 Å². The van der Waals surface area contributed by atoms with Crippen LogP contribution in [0, 0.1) is 23.2 Å². The van der Waals surface area contributed by atoms with Gasteiger partial charge in [0, 0.05) is 41.4 Å². The van der Waals surface area contributed by atoms with Gasteiger partial charge in [-0.3, -0.25) is 0 Å². The molecule has 0 radical (unpaired) electrons. The van der Waals surface area contributed by atoms with Crippen LogP contribution < -0.4 is 5.73 Å². The summed E-state index contributed by atoms with van der Waals surface area (Å²) in [6.07, 6.45) is 9.48. The standard InChI is InChI=1S/C26H31N3O/c1-5-25(4)23(26(25,27)6-2)12-9-19-7-10-21(11-8-19)22-15-20(16-22)17-29-14-13-28-24(29)18(3)30/h7-8,10-11,13-16,18,23,30H,5-6,17,27H2,1-4H3/t18-,23?,25?,26?/m0/s1. The van der Waals surface area contributed by atoms with Gasteiger partial charge in [-0.15, -0.1) is 0 Å². The molecule has 156 valence electrons. The minimum atomic E-state index is -0.564. The van der Waals surface area contributed by atoms with Gasteiger partial charge in [0.2, 0.25) is 0 Å². The second-order valence-electron chi connectivity index (χ2n) is 8.85. The molecule has 0 amide bonds. The van der Waals surface area contributed by atoms with E-state index in [1.165, 1.54) is 16.7 Å².